The first-order valence-electron chi connectivity index (χ1n) is 2.29. The van der Waals surface area contributed by atoms with Crippen LogP contribution in [0.15, 0.2) is 0 Å². The van der Waals surface area contributed by atoms with E-state index < -0.39 is 24.0 Å². The molecule has 0 fully saturated rings. The molecule has 0 aliphatic carbocycles. The molecule has 0 unspecified atom stereocenters. The normalized spacial score (nSPS) is 7.70. The molecule has 0 aromatic rings. The fraction of sp³-hybridized carbons (Fsp3) is 0.400. The van der Waals surface area contributed by atoms with E-state index in [1.807, 2.05) is 0 Å². The van der Waals surface area contributed by atoms with Gasteiger partial charge in [0.05, 0.1) is 6.42 Å². The zero-order valence-corrected chi connectivity index (χ0v) is 7.68. The molecule has 0 bridgehead atoms. The number of rotatable bonds is 3. The predicted octanol–water partition coefficient (Wildman–Crippen LogP) is -0.381. The number of hydrogen-bond acceptors (Lipinski definition) is 3. The number of carboxylic acids is 1. The number of Topliss-reactive ketones (excluding diaryl/α,β-unsaturated/α-hetero) is 2. The molecule has 0 aromatic carbocycles. The van der Waals surface area contributed by atoms with Crippen LogP contribution in [0.1, 0.15) is 13.3 Å². The van der Waals surface area contributed by atoms with Gasteiger partial charge >= 0.3 is 5.97 Å². The second-order valence-electron chi connectivity index (χ2n) is 1.61. The van der Waals surface area contributed by atoms with Gasteiger partial charge in [-0.2, -0.15) is 0 Å². The van der Waals surface area contributed by atoms with Crippen molar-refractivity contribution in [1.82, 2.24) is 0 Å². The Morgan fingerprint density at radius 3 is 1.80 bits per heavy atom. The van der Waals surface area contributed by atoms with Crippen molar-refractivity contribution < 1.29 is 68.9 Å². The summed E-state index contributed by atoms with van der Waals surface area (Å²) >= 11 is 0. The molecule has 0 aromatic heterocycles. The summed E-state index contributed by atoms with van der Waals surface area (Å²) in [6, 6.07) is 0. The second-order valence-corrected chi connectivity index (χ2v) is 1.61. The van der Waals surface area contributed by atoms with Crippen LogP contribution in [-0.4, -0.2) is 22.6 Å². The van der Waals surface area contributed by atoms with Gasteiger partial charge in [-0.1, -0.05) is 0 Å². The summed E-state index contributed by atoms with van der Waals surface area (Å²) in [6.07, 6.45) is -0.505. The minimum atomic E-state index is -1.55. The summed E-state index contributed by atoms with van der Waals surface area (Å²) < 4.78 is 0. The molecule has 0 rings (SSSR count). The zero-order valence-electron chi connectivity index (χ0n) is 5.26. The van der Waals surface area contributed by atoms with Gasteiger partial charge in [0.25, 0.3) is 0 Å². The number of carboxylic acid groups (broad SMARTS) is 1. The maximum Gasteiger partial charge on any atom is 0.372 e. The molecule has 0 heterocycles. The van der Waals surface area contributed by atoms with Crippen LogP contribution < -0.4 is 0 Å². The summed E-state index contributed by atoms with van der Waals surface area (Å²) in [4.78, 5) is 29.9. The zero-order chi connectivity index (χ0) is 7.44. The monoisotopic (exact) mass is 283 g/mol. The predicted molar refractivity (Wildman–Crippen MR) is 27.9 cm³/mol. The summed E-state index contributed by atoms with van der Waals surface area (Å²) in [5, 5.41) is 7.93. The molecule has 1 radical (unpaired) electrons. The Hall–Kier alpha value is 0.394. The third-order valence-electron chi connectivity index (χ3n) is 0.648. The van der Waals surface area contributed by atoms with Crippen LogP contribution in [0.3, 0.4) is 0 Å². The van der Waals surface area contributed by atoms with Gasteiger partial charge in [-0.15, -0.1) is 0 Å². The third kappa shape index (κ3) is 6.51. The van der Waals surface area contributed by atoms with Gasteiger partial charge in [0.15, 0.2) is 0 Å². The van der Waals surface area contributed by atoms with Gasteiger partial charge in [-0.05, 0) is 6.92 Å². The number of aliphatic carboxylic acids is 1. The SMILES string of the molecule is CC(=O)CC(=O)C(=O)O.[Eu]. The van der Waals surface area contributed by atoms with Crippen LogP contribution in [0.5, 0.6) is 0 Å². The van der Waals surface area contributed by atoms with E-state index in [-0.39, 0.29) is 49.4 Å². The average Bonchev–Trinajstić information content (AvgIpc) is 1.63. The smallest absolute Gasteiger partial charge is 0.372 e. The van der Waals surface area contributed by atoms with Crippen LogP contribution in [0.4, 0.5) is 0 Å². The summed E-state index contributed by atoms with van der Waals surface area (Å²) in [7, 11) is 0. The molecule has 4 nitrogen and oxygen atoms in total. The first kappa shape index (κ1) is 13.0. The van der Waals surface area contributed by atoms with Gasteiger partial charge in [0.2, 0.25) is 5.78 Å². The topological polar surface area (TPSA) is 71.4 Å². The molecule has 0 spiro atoms. The Balaban J connectivity index is 0. The fourth-order valence-electron chi connectivity index (χ4n) is 0.302. The quantitative estimate of drug-likeness (QED) is 0.566. The Labute approximate surface area is 98.5 Å². The Kier molecular flexibility index (Phi) is 7.98. The maximum atomic E-state index is 10.1. The molecule has 0 amide bonds. The molecule has 5 heteroatoms. The van der Waals surface area contributed by atoms with Crippen molar-refractivity contribution in [3.8, 4) is 0 Å². The van der Waals surface area contributed by atoms with Crippen molar-refractivity contribution in [2.45, 2.75) is 13.3 Å². The second kappa shape index (κ2) is 6.13. The number of hydrogen-bond donors (Lipinski definition) is 1. The van der Waals surface area contributed by atoms with Crippen molar-refractivity contribution in [2.75, 3.05) is 0 Å². The molecule has 0 aliphatic heterocycles. The van der Waals surface area contributed by atoms with E-state index in [1.54, 1.807) is 0 Å². The molecule has 0 saturated carbocycles. The van der Waals surface area contributed by atoms with E-state index in [4.69, 9.17) is 5.11 Å². The van der Waals surface area contributed by atoms with Crippen molar-refractivity contribution in [3.63, 3.8) is 0 Å². The number of carbonyl (C=O) groups is 3. The standard InChI is InChI=1S/C5H6O4.Eu/c1-3(6)2-4(7)5(8)9;/h2H2,1H3,(H,8,9);. The summed E-state index contributed by atoms with van der Waals surface area (Å²) in [6.45, 7) is 1.17. The van der Waals surface area contributed by atoms with Gasteiger partial charge in [0.1, 0.15) is 5.78 Å². The van der Waals surface area contributed by atoms with Crippen LogP contribution in [0.2, 0.25) is 0 Å². The number of carbonyl (C=O) groups excluding carboxylic acids is 2. The summed E-state index contributed by atoms with van der Waals surface area (Å²) in [5.74, 6) is -3.03. The molecule has 57 valence electrons. The van der Waals surface area contributed by atoms with Crippen LogP contribution >= 0.6 is 0 Å². The van der Waals surface area contributed by atoms with E-state index in [9.17, 15) is 14.4 Å². The molecule has 0 saturated heterocycles. The van der Waals surface area contributed by atoms with Crippen molar-refractivity contribution >= 4 is 17.5 Å². The molecule has 0 atom stereocenters. The van der Waals surface area contributed by atoms with Gasteiger partial charge in [-0.25, -0.2) is 4.79 Å². The average molecular weight is 282 g/mol. The van der Waals surface area contributed by atoms with E-state index >= 15 is 0 Å². The first-order valence-corrected chi connectivity index (χ1v) is 2.29. The number of ketones is 2. The van der Waals surface area contributed by atoms with E-state index in [0.29, 0.717) is 0 Å². The van der Waals surface area contributed by atoms with E-state index in [0.717, 1.165) is 0 Å². The molecule has 0 aliphatic rings. The van der Waals surface area contributed by atoms with Crippen LogP contribution in [0.25, 0.3) is 0 Å². The molecular formula is C5H6EuO4. The third-order valence-corrected chi connectivity index (χ3v) is 0.648. The maximum absolute atomic E-state index is 10.1. The van der Waals surface area contributed by atoms with Crippen molar-refractivity contribution in [2.24, 2.45) is 0 Å². The van der Waals surface area contributed by atoms with Gasteiger partial charge < -0.3 is 5.11 Å². The summed E-state index contributed by atoms with van der Waals surface area (Å²) in [5.41, 5.74) is 0. The molecule has 10 heavy (non-hydrogen) atoms. The first-order chi connectivity index (χ1) is 4.04. The minimum Gasteiger partial charge on any atom is -0.475 e. The van der Waals surface area contributed by atoms with Gasteiger partial charge in [-0.3, -0.25) is 9.59 Å². The Morgan fingerprint density at radius 1 is 1.30 bits per heavy atom. The minimum absolute atomic E-state index is 0. The fourth-order valence-corrected chi connectivity index (χ4v) is 0.302. The molecule has 1 N–H and O–H groups in total. The van der Waals surface area contributed by atoms with Crippen LogP contribution in [0, 0.1) is 49.4 Å². The van der Waals surface area contributed by atoms with E-state index in [1.165, 1.54) is 6.92 Å². The van der Waals surface area contributed by atoms with Crippen LogP contribution in [-0.2, 0) is 14.4 Å². The van der Waals surface area contributed by atoms with E-state index in [2.05, 4.69) is 0 Å². The Bertz CT molecular complexity index is 163. The largest absolute Gasteiger partial charge is 0.475 e. The Morgan fingerprint density at radius 2 is 1.70 bits per heavy atom. The van der Waals surface area contributed by atoms with Gasteiger partial charge in [0, 0.05) is 49.4 Å². The molecular weight excluding hydrogens is 276 g/mol. The van der Waals surface area contributed by atoms with Crippen molar-refractivity contribution in [3.05, 3.63) is 0 Å². The van der Waals surface area contributed by atoms with Crippen molar-refractivity contribution in [1.29, 1.82) is 0 Å².